The number of nitrogens with zero attached hydrogens (tertiary/aromatic N) is 2. The van der Waals surface area contributed by atoms with Gasteiger partial charge in [0.2, 0.25) is 0 Å². The van der Waals surface area contributed by atoms with Crippen LogP contribution in [0, 0.1) is 10.1 Å². The van der Waals surface area contributed by atoms with Crippen molar-refractivity contribution in [3.05, 3.63) is 86.8 Å². The molecule has 1 saturated heterocycles. The average molecular weight is 569 g/mol. The van der Waals surface area contributed by atoms with E-state index in [1.54, 1.807) is 6.07 Å². The third kappa shape index (κ3) is 6.31. The lowest BCUT2D eigenvalue weighted by atomic mass is 10.0. The van der Waals surface area contributed by atoms with Gasteiger partial charge in [0.15, 0.2) is 0 Å². The van der Waals surface area contributed by atoms with Gasteiger partial charge in [-0.2, -0.15) is 17.5 Å². The van der Waals surface area contributed by atoms with E-state index >= 15 is 0 Å². The number of non-ortho nitro benzene ring substituents is 1. The second-order valence-corrected chi connectivity index (χ2v) is 11.9. The summed E-state index contributed by atoms with van der Waals surface area (Å²) in [6.07, 6.45) is -3.82. The molecular weight excluding hydrogens is 545 g/mol. The Morgan fingerprint density at radius 1 is 1.08 bits per heavy atom. The number of carbonyl (C=O) groups is 1. The molecule has 0 atom stereocenters. The molecule has 1 fully saturated rings. The number of anilines is 1. The lowest BCUT2D eigenvalue weighted by Gasteiger charge is -2.32. The summed E-state index contributed by atoms with van der Waals surface area (Å²) in [7, 11) is -3.82. The van der Waals surface area contributed by atoms with Crippen LogP contribution in [-0.2, 0) is 22.7 Å². The Labute approximate surface area is 220 Å². The highest BCUT2D eigenvalue weighted by atomic mass is 32.2. The van der Waals surface area contributed by atoms with Crippen LogP contribution in [0.1, 0.15) is 33.6 Å². The van der Waals surface area contributed by atoms with Crippen LogP contribution in [0.2, 0.25) is 0 Å². The van der Waals surface area contributed by atoms with E-state index in [-0.39, 0.29) is 46.8 Å². The van der Waals surface area contributed by atoms with E-state index in [1.165, 1.54) is 46.8 Å². The van der Waals surface area contributed by atoms with E-state index in [0.29, 0.717) is 17.7 Å². The molecule has 1 aromatic heterocycles. The van der Waals surface area contributed by atoms with Crippen molar-refractivity contribution in [2.75, 3.05) is 18.4 Å². The Morgan fingerprint density at radius 3 is 2.47 bits per heavy atom. The fraction of sp³-hybridized carbons (Fsp3) is 0.292. The highest BCUT2D eigenvalue weighted by Gasteiger charge is 2.35. The number of piperidine rings is 1. The number of nitro benzene ring substituents is 1. The number of benzene rings is 2. The van der Waals surface area contributed by atoms with E-state index in [4.69, 9.17) is 0 Å². The fourth-order valence-electron chi connectivity index (χ4n) is 4.07. The van der Waals surface area contributed by atoms with Gasteiger partial charge in [-0.25, -0.2) is 8.42 Å². The first-order chi connectivity index (χ1) is 17.9. The number of thiophene rings is 1. The molecule has 2 N–H and O–H groups in total. The first-order valence-electron chi connectivity index (χ1n) is 11.5. The van der Waals surface area contributed by atoms with Gasteiger partial charge in [-0.15, -0.1) is 11.3 Å². The summed E-state index contributed by atoms with van der Waals surface area (Å²) >= 11 is 0.994. The SMILES string of the molecule is O=C(NCc1ccc(S(=O)(=O)N2CCC(Nc3ccccc3C(F)(F)F)CC2)s1)c1cccc([N+](=O)[O-])c1. The second kappa shape index (κ2) is 11.1. The first-order valence-corrected chi connectivity index (χ1v) is 13.7. The van der Waals surface area contributed by atoms with Gasteiger partial charge in [-0.3, -0.25) is 14.9 Å². The van der Waals surface area contributed by atoms with Crippen LogP contribution in [0.25, 0.3) is 0 Å². The molecule has 0 saturated carbocycles. The van der Waals surface area contributed by atoms with Crippen LogP contribution in [0.3, 0.4) is 0 Å². The lowest BCUT2D eigenvalue weighted by molar-refractivity contribution is -0.384. The Balaban J connectivity index is 1.34. The van der Waals surface area contributed by atoms with Crippen LogP contribution in [0.15, 0.2) is 64.9 Å². The smallest absolute Gasteiger partial charge is 0.382 e. The minimum atomic E-state index is -4.50. The van der Waals surface area contributed by atoms with E-state index in [0.717, 1.165) is 23.5 Å². The van der Waals surface area contributed by atoms with E-state index < -0.39 is 32.6 Å². The van der Waals surface area contributed by atoms with E-state index in [9.17, 15) is 36.5 Å². The lowest BCUT2D eigenvalue weighted by Crippen LogP contribution is -2.42. The molecule has 202 valence electrons. The van der Waals surface area contributed by atoms with Crippen LogP contribution in [0.5, 0.6) is 0 Å². The minimum absolute atomic E-state index is 0.0311. The van der Waals surface area contributed by atoms with Crippen LogP contribution >= 0.6 is 11.3 Å². The molecule has 0 aliphatic carbocycles. The summed E-state index contributed by atoms with van der Waals surface area (Å²) in [5.74, 6) is -0.534. The number of nitrogens with one attached hydrogen (secondary N) is 2. The maximum absolute atomic E-state index is 13.3. The molecular formula is C24H23F3N4O5S2. The van der Waals surface area contributed by atoms with Crippen molar-refractivity contribution >= 4 is 38.6 Å². The van der Waals surface area contributed by atoms with E-state index in [2.05, 4.69) is 10.6 Å². The van der Waals surface area contributed by atoms with Gasteiger partial charge in [-0.1, -0.05) is 18.2 Å². The summed E-state index contributed by atoms with van der Waals surface area (Å²) < 4.78 is 67.4. The van der Waals surface area contributed by atoms with Gasteiger partial charge < -0.3 is 10.6 Å². The predicted octanol–water partition coefficient (Wildman–Crippen LogP) is 4.87. The van der Waals surface area contributed by atoms with Crippen molar-refractivity contribution in [3.63, 3.8) is 0 Å². The zero-order valence-corrected chi connectivity index (χ0v) is 21.4. The first kappa shape index (κ1) is 27.5. The number of hydrogen-bond donors (Lipinski definition) is 2. The monoisotopic (exact) mass is 568 g/mol. The number of para-hydroxylation sites is 1. The van der Waals surface area contributed by atoms with Crippen molar-refractivity contribution in [2.45, 2.75) is 35.8 Å². The zero-order valence-electron chi connectivity index (χ0n) is 19.8. The Morgan fingerprint density at radius 2 is 1.79 bits per heavy atom. The standard InChI is InChI=1S/C24H23F3N4O5S2/c25-24(26,27)20-6-1-2-7-21(20)29-17-10-12-30(13-11-17)38(35,36)22-9-8-19(37-22)15-28-23(32)16-4-3-5-18(14-16)31(33)34/h1-9,14,17,29H,10-13,15H2,(H,28,32). The molecule has 4 rings (SSSR count). The number of halogens is 3. The highest BCUT2D eigenvalue weighted by molar-refractivity contribution is 7.91. The van der Waals surface area contributed by atoms with Crippen molar-refractivity contribution in [3.8, 4) is 0 Å². The summed E-state index contributed by atoms with van der Waals surface area (Å²) in [4.78, 5) is 23.2. The van der Waals surface area contributed by atoms with Crippen molar-refractivity contribution < 1.29 is 31.3 Å². The Bertz CT molecular complexity index is 1430. The molecule has 14 heteroatoms. The molecule has 0 unspecified atom stereocenters. The van der Waals surface area contributed by atoms with E-state index in [1.807, 2.05) is 0 Å². The highest BCUT2D eigenvalue weighted by Crippen LogP contribution is 2.36. The maximum atomic E-state index is 13.3. The largest absolute Gasteiger partial charge is 0.418 e. The molecule has 9 nitrogen and oxygen atoms in total. The number of amides is 1. The van der Waals surface area contributed by atoms with Gasteiger partial charge in [0.05, 0.1) is 17.0 Å². The minimum Gasteiger partial charge on any atom is -0.382 e. The topological polar surface area (TPSA) is 122 Å². The predicted molar refractivity (Wildman–Crippen MR) is 135 cm³/mol. The molecule has 1 aliphatic heterocycles. The summed E-state index contributed by atoms with van der Waals surface area (Å²) in [5, 5.41) is 16.4. The van der Waals surface area contributed by atoms with Crippen LogP contribution < -0.4 is 10.6 Å². The van der Waals surface area contributed by atoms with Crippen LogP contribution in [-0.4, -0.2) is 42.7 Å². The Hall–Kier alpha value is -3.49. The molecule has 1 aliphatic rings. The molecule has 0 bridgehead atoms. The molecule has 0 spiro atoms. The molecule has 2 aromatic carbocycles. The number of sulfonamides is 1. The van der Waals surface area contributed by atoms with Gasteiger partial charge in [0.25, 0.3) is 21.6 Å². The number of rotatable bonds is 8. The molecule has 38 heavy (non-hydrogen) atoms. The van der Waals surface area contributed by atoms with Gasteiger partial charge in [-0.05, 0) is 43.2 Å². The molecule has 3 aromatic rings. The number of carbonyl (C=O) groups excluding carboxylic acids is 1. The summed E-state index contributed by atoms with van der Waals surface area (Å²) in [6, 6.07) is 13.2. The molecule has 0 radical (unpaired) electrons. The third-order valence-corrected chi connectivity index (χ3v) is 9.47. The quantitative estimate of drug-likeness (QED) is 0.295. The zero-order chi connectivity index (χ0) is 27.5. The normalized spacial score (nSPS) is 15.2. The number of hydrogen-bond acceptors (Lipinski definition) is 7. The Kier molecular flexibility index (Phi) is 8.04. The van der Waals surface area contributed by atoms with Crippen molar-refractivity contribution in [1.82, 2.24) is 9.62 Å². The average Bonchev–Trinajstić information content (AvgIpc) is 3.37. The van der Waals surface area contributed by atoms with Gasteiger partial charge >= 0.3 is 6.18 Å². The van der Waals surface area contributed by atoms with Crippen LogP contribution in [0.4, 0.5) is 24.5 Å². The number of nitro groups is 1. The molecule has 1 amide bonds. The van der Waals surface area contributed by atoms with Gasteiger partial charge in [0, 0.05) is 47.4 Å². The number of alkyl halides is 3. The molecule has 2 heterocycles. The van der Waals surface area contributed by atoms with Gasteiger partial charge in [0.1, 0.15) is 4.21 Å². The summed E-state index contributed by atoms with van der Waals surface area (Å²) in [6.45, 7) is 0.322. The summed E-state index contributed by atoms with van der Waals surface area (Å²) in [5.41, 5.74) is -0.904. The fourth-order valence-corrected chi connectivity index (χ4v) is 6.99. The van der Waals surface area contributed by atoms with Crippen molar-refractivity contribution in [1.29, 1.82) is 0 Å². The third-order valence-electron chi connectivity index (χ3n) is 6.02. The van der Waals surface area contributed by atoms with Crippen molar-refractivity contribution in [2.24, 2.45) is 0 Å². The second-order valence-electron chi connectivity index (χ2n) is 8.58. The maximum Gasteiger partial charge on any atom is 0.418 e.